The van der Waals surface area contributed by atoms with Crippen LogP contribution in [-0.2, 0) is 4.74 Å². The van der Waals surface area contributed by atoms with E-state index in [9.17, 15) is 0 Å². The van der Waals surface area contributed by atoms with E-state index < -0.39 is 6.10 Å². The number of ether oxygens (including phenoxy) is 1. The molecule has 2 N–H and O–H groups in total. The van der Waals surface area contributed by atoms with Gasteiger partial charge in [0, 0.05) is 6.61 Å². The van der Waals surface area contributed by atoms with E-state index in [0.29, 0.717) is 6.61 Å². The van der Waals surface area contributed by atoms with Crippen molar-refractivity contribution in [1.82, 2.24) is 0 Å². The van der Waals surface area contributed by atoms with Crippen LogP contribution in [0.1, 0.15) is 19.8 Å². The molecule has 3 nitrogen and oxygen atoms in total. The molecular weight excluding hydrogens is 132 g/mol. The molecule has 0 spiro atoms. The van der Waals surface area contributed by atoms with Crippen LogP contribution in [0.4, 0.5) is 0 Å². The highest BCUT2D eigenvalue weighted by Gasteiger charge is 1.99. The van der Waals surface area contributed by atoms with E-state index in [4.69, 9.17) is 14.9 Å². The van der Waals surface area contributed by atoms with Gasteiger partial charge in [0.2, 0.25) is 0 Å². The number of aliphatic hydroxyl groups excluding tert-OH is 2. The van der Waals surface area contributed by atoms with Crippen molar-refractivity contribution in [1.29, 1.82) is 0 Å². The lowest BCUT2D eigenvalue weighted by molar-refractivity contribution is 0.00557. The fourth-order valence-electron chi connectivity index (χ4n) is 0.518. The number of hydrogen-bond acceptors (Lipinski definition) is 3. The van der Waals surface area contributed by atoms with Crippen molar-refractivity contribution in [2.45, 2.75) is 25.9 Å². The summed E-state index contributed by atoms with van der Waals surface area (Å²) in [5.41, 5.74) is 0. The number of rotatable bonds is 6. The van der Waals surface area contributed by atoms with E-state index in [0.717, 1.165) is 12.8 Å². The van der Waals surface area contributed by atoms with Crippen LogP contribution in [0.15, 0.2) is 0 Å². The molecule has 0 aromatic rings. The summed E-state index contributed by atoms with van der Waals surface area (Å²) >= 11 is 0. The first-order valence-corrected chi connectivity index (χ1v) is 3.68. The van der Waals surface area contributed by atoms with Gasteiger partial charge >= 0.3 is 0 Å². The Kier molecular flexibility index (Phi) is 6.91. The molecular formula is C7H16O3. The lowest BCUT2D eigenvalue weighted by atomic mass is 10.3. The zero-order valence-electron chi connectivity index (χ0n) is 6.42. The van der Waals surface area contributed by atoms with Crippen molar-refractivity contribution < 1.29 is 14.9 Å². The van der Waals surface area contributed by atoms with E-state index in [-0.39, 0.29) is 13.2 Å². The second-order valence-electron chi connectivity index (χ2n) is 2.26. The minimum Gasteiger partial charge on any atom is -0.394 e. The molecule has 10 heavy (non-hydrogen) atoms. The predicted molar refractivity (Wildman–Crippen MR) is 38.8 cm³/mol. The van der Waals surface area contributed by atoms with Gasteiger partial charge in [0.15, 0.2) is 0 Å². The number of hydrogen-bond donors (Lipinski definition) is 2. The Balaban J connectivity index is 2.89. The maximum atomic E-state index is 8.78. The molecule has 0 aliphatic heterocycles. The average Bonchev–Trinajstić information content (AvgIpc) is 1.98. The van der Waals surface area contributed by atoms with Gasteiger partial charge in [0.25, 0.3) is 0 Å². The van der Waals surface area contributed by atoms with Crippen molar-refractivity contribution in [3.63, 3.8) is 0 Å². The summed E-state index contributed by atoms with van der Waals surface area (Å²) in [4.78, 5) is 0. The van der Waals surface area contributed by atoms with E-state index >= 15 is 0 Å². The summed E-state index contributed by atoms with van der Waals surface area (Å²) in [5, 5.41) is 17.1. The van der Waals surface area contributed by atoms with Crippen molar-refractivity contribution in [3.05, 3.63) is 0 Å². The standard InChI is InChI=1S/C7H16O3/c1-2-3-4-10-6-7(9)5-8/h7-9H,2-6H2,1H3/t7-/m1/s1. The van der Waals surface area contributed by atoms with Crippen molar-refractivity contribution in [2.24, 2.45) is 0 Å². The molecule has 0 saturated carbocycles. The molecule has 0 heterocycles. The molecule has 0 fully saturated rings. The van der Waals surface area contributed by atoms with Crippen LogP contribution in [0, 0.1) is 0 Å². The summed E-state index contributed by atoms with van der Waals surface area (Å²) in [6, 6.07) is 0. The molecule has 0 aromatic heterocycles. The second kappa shape index (κ2) is 6.99. The highest BCUT2D eigenvalue weighted by molar-refractivity contribution is 4.48. The van der Waals surface area contributed by atoms with Crippen molar-refractivity contribution >= 4 is 0 Å². The smallest absolute Gasteiger partial charge is 0.100 e. The van der Waals surface area contributed by atoms with Crippen molar-refractivity contribution in [2.75, 3.05) is 19.8 Å². The first kappa shape index (κ1) is 9.88. The molecule has 0 rings (SSSR count). The van der Waals surface area contributed by atoms with Gasteiger partial charge in [-0.3, -0.25) is 0 Å². The van der Waals surface area contributed by atoms with Crippen LogP contribution in [0.2, 0.25) is 0 Å². The Hall–Kier alpha value is -0.120. The van der Waals surface area contributed by atoms with Gasteiger partial charge in [0.05, 0.1) is 13.2 Å². The zero-order chi connectivity index (χ0) is 7.82. The highest BCUT2D eigenvalue weighted by Crippen LogP contribution is 1.89. The lowest BCUT2D eigenvalue weighted by Gasteiger charge is -2.06. The predicted octanol–water partition coefficient (Wildman–Crippen LogP) is 0.156. The number of aliphatic hydroxyl groups is 2. The first-order chi connectivity index (χ1) is 4.81. The van der Waals surface area contributed by atoms with Crippen LogP contribution in [0.3, 0.4) is 0 Å². The SMILES string of the molecule is CCCCOC[C@H](O)CO. The van der Waals surface area contributed by atoms with Crippen LogP contribution in [0.5, 0.6) is 0 Å². The molecule has 0 aliphatic rings. The Morgan fingerprint density at radius 2 is 2.20 bits per heavy atom. The third-order valence-corrected chi connectivity index (χ3v) is 1.16. The normalized spacial score (nSPS) is 13.5. The van der Waals surface area contributed by atoms with E-state index in [1.165, 1.54) is 0 Å². The zero-order valence-corrected chi connectivity index (χ0v) is 6.42. The van der Waals surface area contributed by atoms with E-state index in [1.54, 1.807) is 0 Å². The Labute approximate surface area is 61.6 Å². The van der Waals surface area contributed by atoms with Crippen LogP contribution < -0.4 is 0 Å². The average molecular weight is 148 g/mol. The van der Waals surface area contributed by atoms with E-state index in [1.807, 2.05) is 0 Å². The van der Waals surface area contributed by atoms with Gasteiger partial charge in [-0.25, -0.2) is 0 Å². The van der Waals surface area contributed by atoms with Gasteiger partial charge in [-0.1, -0.05) is 13.3 Å². The van der Waals surface area contributed by atoms with Crippen LogP contribution in [-0.4, -0.2) is 36.1 Å². The molecule has 0 amide bonds. The molecule has 0 bridgehead atoms. The largest absolute Gasteiger partial charge is 0.394 e. The molecule has 0 aliphatic carbocycles. The quantitative estimate of drug-likeness (QED) is 0.527. The molecule has 0 saturated heterocycles. The van der Waals surface area contributed by atoms with Crippen LogP contribution in [0.25, 0.3) is 0 Å². The van der Waals surface area contributed by atoms with E-state index in [2.05, 4.69) is 6.92 Å². The fraction of sp³-hybridized carbons (Fsp3) is 1.00. The lowest BCUT2D eigenvalue weighted by Crippen LogP contribution is -2.19. The molecule has 0 unspecified atom stereocenters. The molecule has 0 aromatic carbocycles. The molecule has 1 atom stereocenters. The molecule has 3 heteroatoms. The monoisotopic (exact) mass is 148 g/mol. The Morgan fingerprint density at radius 1 is 1.50 bits per heavy atom. The van der Waals surface area contributed by atoms with Crippen molar-refractivity contribution in [3.8, 4) is 0 Å². The summed E-state index contributed by atoms with van der Waals surface area (Å²) in [7, 11) is 0. The third-order valence-electron chi connectivity index (χ3n) is 1.16. The third kappa shape index (κ3) is 6.01. The summed E-state index contributed by atoms with van der Waals surface area (Å²) in [6.45, 7) is 2.78. The maximum absolute atomic E-state index is 8.78. The summed E-state index contributed by atoms with van der Waals surface area (Å²) < 4.78 is 5.02. The topological polar surface area (TPSA) is 49.7 Å². The molecule has 62 valence electrons. The fourth-order valence-corrected chi connectivity index (χ4v) is 0.518. The second-order valence-corrected chi connectivity index (χ2v) is 2.26. The highest BCUT2D eigenvalue weighted by atomic mass is 16.5. The number of unbranched alkanes of at least 4 members (excludes halogenated alkanes) is 1. The maximum Gasteiger partial charge on any atom is 0.100 e. The van der Waals surface area contributed by atoms with Gasteiger partial charge in [-0.15, -0.1) is 0 Å². The Morgan fingerprint density at radius 3 is 2.70 bits per heavy atom. The van der Waals surface area contributed by atoms with Gasteiger partial charge in [-0.2, -0.15) is 0 Å². The van der Waals surface area contributed by atoms with Crippen LogP contribution >= 0.6 is 0 Å². The van der Waals surface area contributed by atoms with Gasteiger partial charge in [0.1, 0.15) is 6.10 Å². The first-order valence-electron chi connectivity index (χ1n) is 3.68. The van der Waals surface area contributed by atoms with Gasteiger partial charge in [-0.05, 0) is 6.42 Å². The Bertz CT molecular complexity index is 65.9. The minimum absolute atomic E-state index is 0.216. The minimum atomic E-state index is -0.711. The molecule has 0 radical (unpaired) electrons. The summed E-state index contributed by atoms with van der Waals surface area (Å²) in [5.74, 6) is 0. The van der Waals surface area contributed by atoms with Gasteiger partial charge < -0.3 is 14.9 Å². The summed E-state index contributed by atoms with van der Waals surface area (Å²) in [6.07, 6.45) is 1.39.